The van der Waals surface area contributed by atoms with Crippen molar-refractivity contribution in [3.05, 3.63) is 30.3 Å². The van der Waals surface area contributed by atoms with Crippen LogP contribution in [0, 0.1) is 0 Å². The molecule has 2 aliphatic heterocycles. The van der Waals surface area contributed by atoms with Gasteiger partial charge in [0.2, 0.25) is 21.8 Å². The number of carbonyl (C=O) groups excluding carboxylic acids is 2. The first-order chi connectivity index (χ1) is 14.5. The van der Waals surface area contributed by atoms with Crippen molar-refractivity contribution in [1.29, 1.82) is 0 Å². The third kappa shape index (κ3) is 6.24. The van der Waals surface area contributed by atoms with Crippen molar-refractivity contribution in [3.8, 4) is 0 Å². The highest BCUT2D eigenvalue weighted by Crippen LogP contribution is 2.16. The molecule has 0 spiro atoms. The van der Waals surface area contributed by atoms with Gasteiger partial charge in [-0.3, -0.25) is 14.5 Å². The summed E-state index contributed by atoms with van der Waals surface area (Å²) in [7, 11) is -3.70. The predicted octanol–water partition coefficient (Wildman–Crippen LogP) is -0.252. The van der Waals surface area contributed by atoms with Crippen LogP contribution in [0.25, 0.3) is 0 Å². The molecule has 0 atom stereocenters. The van der Waals surface area contributed by atoms with Crippen molar-refractivity contribution in [2.75, 3.05) is 65.6 Å². The molecule has 2 heterocycles. The van der Waals surface area contributed by atoms with Crippen LogP contribution in [0.4, 0.5) is 0 Å². The van der Waals surface area contributed by atoms with Gasteiger partial charge in [-0.2, -0.15) is 4.31 Å². The van der Waals surface area contributed by atoms with Crippen LogP contribution >= 0.6 is 0 Å². The van der Waals surface area contributed by atoms with Gasteiger partial charge in [-0.25, -0.2) is 8.42 Å². The van der Waals surface area contributed by atoms with Crippen LogP contribution < -0.4 is 5.32 Å². The first kappa shape index (κ1) is 22.7. The first-order valence-corrected chi connectivity index (χ1v) is 11.8. The van der Waals surface area contributed by atoms with E-state index in [4.69, 9.17) is 4.74 Å². The maximum atomic E-state index is 13.0. The van der Waals surface area contributed by atoms with Gasteiger partial charge in [0.15, 0.2) is 0 Å². The highest BCUT2D eigenvalue weighted by atomic mass is 32.2. The Bertz CT molecular complexity index is 812. The minimum Gasteiger partial charge on any atom is -0.379 e. The van der Waals surface area contributed by atoms with Gasteiger partial charge in [0.05, 0.1) is 24.7 Å². The number of hydrogen-bond donors (Lipinski definition) is 1. The van der Waals surface area contributed by atoms with Crippen molar-refractivity contribution >= 4 is 21.8 Å². The third-order valence-corrected chi connectivity index (χ3v) is 7.24. The largest absolute Gasteiger partial charge is 0.379 e. The average molecular weight is 439 g/mol. The molecule has 1 N–H and O–H groups in total. The fourth-order valence-corrected chi connectivity index (χ4v) is 5.09. The Morgan fingerprint density at radius 1 is 1.00 bits per heavy atom. The van der Waals surface area contributed by atoms with E-state index >= 15 is 0 Å². The second-order valence-electron chi connectivity index (χ2n) is 7.44. The maximum absolute atomic E-state index is 13.0. The molecule has 0 saturated carbocycles. The second-order valence-corrected chi connectivity index (χ2v) is 9.38. The quantitative estimate of drug-likeness (QED) is 0.696. The monoisotopic (exact) mass is 438 g/mol. The standard InChI is InChI=1S/C20H30N4O5S/c25-19-7-11-24(30(27,28)18-5-2-1-3-6-18)10-4-9-23(12-8-21-19)20(26)17-22-13-15-29-16-14-22/h1-3,5-6H,4,7-17H2,(H,21,25). The summed E-state index contributed by atoms with van der Waals surface area (Å²) in [5.41, 5.74) is 0. The molecule has 166 valence electrons. The van der Waals surface area contributed by atoms with E-state index in [-0.39, 0.29) is 36.2 Å². The number of benzene rings is 1. The number of carbonyl (C=O) groups is 2. The van der Waals surface area contributed by atoms with Crippen molar-refractivity contribution in [2.45, 2.75) is 17.7 Å². The zero-order chi connectivity index (χ0) is 21.4. The first-order valence-electron chi connectivity index (χ1n) is 10.4. The zero-order valence-electron chi connectivity index (χ0n) is 17.2. The lowest BCUT2D eigenvalue weighted by molar-refractivity contribution is -0.133. The molecule has 9 nitrogen and oxygen atoms in total. The average Bonchev–Trinajstić information content (AvgIpc) is 2.79. The second kappa shape index (κ2) is 10.9. The Hall–Kier alpha value is -2.01. The normalized spacial score (nSPS) is 20.9. The van der Waals surface area contributed by atoms with Gasteiger partial charge < -0.3 is 15.0 Å². The van der Waals surface area contributed by atoms with Gasteiger partial charge in [-0.1, -0.05) is 18.2 Å². The van der Waals surface area contributed by atoms with Gasteiger partial charge in [0.1, 0.15) is 0 Å². The van der Waals surface area contributed by atoms with Crippen LogP contribution in [0.3, 0.4) is 0 Å². The van der Waals surface area contributed by atoms with Crippen LogP contribution in [-0.2, 0) is 24.3 Å². The molecule has 2 fully saturated rings. The lowest BCUT2D eigenvalue weighted by atomic mass is 10.3. The number of amides is 2. The number of hydrogen-bond acceptors (Lipinski definition) is 6. The highest BCUT2D eigenvalue weighted by Gasteiger charge is 2.26. The van der Waals surface area contributed by atoms with E-state index in [1.54, 1.807) is 35.2 Å². The summed E-state index contributed by atoms with van der Waals surface area (Å²) in [5, 5.41) is 2.79. The minimum absolute atomic E-state index is 0.0112. The lowest BCUT2D eigenvalue weighted by Crippen LogP contribution is -2.47. The Balaban J connectivity index is 1.67. The van der Waals surface area contributed by atoms with Crippen molar-refractivity contribution in [3.63, 3.8) is 0 Å². The van der Waals surface area contributed by atoms with E-state index in [1.165, 1.54) is 4.31 Å². The number of morpholine rings is 1. The molecule has 1 aromatic rings. The molecule has 0 bridgehead atoms. The molecule has 0 radical (unpaired) electrons. The summed E-state index contributed by atoms with van der Waals surface area (Å²) in [4.78, 5) is 28.9. The highest BCUT2D eigenvalue weighted by molar-refractivity contribution is 7.89. The number of rotatable bonds is 4. The van der Waals surface area contributed by atoms with E-state index in [0.717, 1.165) is 13.1 Å². The lowest BCUT2D eigenvalue weighted by Gasteiger charge is -2.30. The van der Waals surface area contributed by atoms with Crippen molar-refractivity contribution in [1.82, 2.24) is 19.4 Å². The summed E-state index contributed by atoms with van der Waals surface area (Å²) in [5.74, 6) is -0.228. The van der Waals surface area contributed by atoms with Crippen molar-refractivity contribution < 1.29 is 22.7 Å². The molecular formula is C20H30N4O5S. The number of sulfonamides is 1. The Morgan fingerprint density at radius 2 is 1.73 bits per heavy atom. The van der Waals surface area contributed by atoms with E-state index in [1.807, 2.05) is 0 Å². The van der Waals surface area contributed by atoms with Gasteiger partial charge in [-0.05, 0) is 18.6 Å². The minimum atomic E-state index is -3.70. The summed E-state index contributed by atoms with van der Waals surface area (Å²) >= 11 is 0. The molecular weight excluding hydrogens is 408 g/mol. The topological polar surface area (TPSA) is 99.3 Å². The van der Waals surface area contributed by atoms with Gasteiger partial charge in [-0.15, -0.1) is 0 Å². The molecule has 30 heavy (non-hydrogen) atoms. The molecule has 0 unspecified atom stereocenters. The molecule has 3 rings (SSSR count). The molecule has 2 saturated heterocycles. The number of nitrogens with one attached hydrogen (secondary N) is 1. The fraction of sp³-hybridized carbons (Fsp3) is 0.600. The Kier molecular flexibility index (Phi) is 8.20. The van der Waals surface area contributed by atoms with Crippen LogP contribution in [0.1, 0.15) is 12.8 Å². The van der Waals surface area contributed by atoms with E-state index in [2.05, 4.69) is 10.2 Å². The van der Waals surface area contributed by atoms with Gasteiger partial charge >= 0.3 is 0 Å². The molecule has 0 aliphatic carbocycles. The van der Waals surface area contributed by atoms with Crippen LogP contribution in [-0.4, -0.2) is 99.9 Å². The van der Waals surface area contributed by atoms with E-state index in [9.17, 15) is 18.0 Å². The van der Waals surface area contributed by atoms with Crippen LogP contribution in [0.5, 0.6) is 0 Å². The molecule has 2 amide bonds. The molecule has 1 aromatic carbocycles. The Labute approximate surface area is 178 Å². The van der Waals surface area contributed by atoms with Crippen LogP contribution in [0.2, 0.25) is 0 Å². The SMILES string of the molecule is O=C1CCN(S(=O)(=O)c2ccccc2)CCCN(C(=O)CN2CCOCC2)CCN1. The summed E-state index contributed by atoms with van der Waals surface area (Å²) in [6, 6.07) is 8.23. The van der Waals surface area contributed by atoms with Gasteiger partial charge in [0, 0.05) is 52.2 Å². The van der Waals surface area contributed by atoms with E-state index < -0.39 is 10.0 Å². The third-order valence-electron chi connectivity index (χ3n) is 5.32. The molecule has 2 aliphatic rings. The summed E-state index contributed by atoms with van der Waals surface area (Å²) in [6.07, 6.45) is 0.600. The molecule has 0 aromatic heterocycles. The maximum Gasteiger partial charge on any atom is 0.243 e. The van der Waals surface area contributed by atoms with Gasteiger partial charge in [0.25, 0.3) is 0 Å². The van der Waals surface area contributed by atoms with Crippen LogP contribution in [0.15, 0.2) is 35.2 Å². The number of ether oxygens (including phenoxy) is 1. The summed E-state index contributed by atoms with van der Waals surface area (Å²) in [6.45, 7) is 4.59. The van der Waals surface area contributed by atoms with E-state index in [0.29, 0.717) is 45.8 Å². The zero-order valence-corrected chi connectivity index (χ0v) is 18.0. The fourth-order valence-electron chi connectivity index (χ4n) is 3.59. The van der Waals surface area contributed by atoms with Crippen molar-refractivity contribution in [2.24, 2.45) is 0 Å². The predicted molar refractivity (Wildman–Crippen MR) is 111 cm³/mol. The smallest absolute Gasteiger partial charge is 0.243 e. The summed E-state index contributed by atoms with van der Waals surface area (Å²) < 4.78 is 32.7. The number of nitrogens with zero attached hydrogens (tertiary/aromatic N) is 3. The Morgan fingerprint density at radius 3 is 2.47 bits per heavy atom. The molecule has 10 heteroatoms.